The maximum Gasteiger partial charge on any atom is 0.393 e. The van der Waals surface area contributed by atoms with Crippen molar-refractivity contribution in [2.45, 2.75) is 58.5 Å². The molecule has 0 heterocycles. The smallest absolute Gasteiger partial charge is 0.171 e. The number of hydrogen-bond acceptors (Lipinski definition) is 0. The highest BCUT2D eigenvalue weighted by Crippen LogP contribution is 2.32. The summed E-state index contributed by atoms with van der Waals surface area (Å²) in [6.45, 7) is 11.8. The van der Waals surface area contributed by atoms with Gasteiger partial charge in [0.1, 0.15) is 0 Å². The van der Waals surface area contributed by atoms with Gasteiger partial charge in [0.15, 0.2) is 0 Å². The number of alkyl halides is 3. The molecule has 0 N–H and O–H groups in total. The molecule has 0 saturated carbocycles. The molecule has 0 saturated heterocycles. The molecule has 20 heavy (non-hydrogen) atoms. The van der Waals surface area contributed by atoms with E-state index in [1.165, 1.54) is 0 Å². The first-order valence-corrected chi connectivity index (χ1v) is 6.99. The molecule has 0 atom stereocenters. The standard InChI is InChI=1S/C17H23F3/c1-6-7-14-15(11(2)3)8-13(10-17(18,19)20)9-16(14)12(4)5/h6,8-9,11-12H,1,7,10H2,2-5H3. The molecule has 112 valence electrons. The van der Waals surface area contributed by atoms with Crippen LogP contribution >= 0.6 is 0 Å². The summed E-state index contributed by atoms with van der Waals surface area (Å²) in [5.41, 5.74) is 3.51. The molecule has 0 radical (unpaired) electrons. The Balaban J connectivity index is 3.41. The van der Waals surface area contributed by atoms with E-state index in [2.05, 4.69) is 6.58 Å². The molecular formula is C17H23F3. The van der Waals surface area contributed by atoms with Gasteiger partial charge in [-0.2, -0.15) is 13.2 Å². The van der Waals surface area contributed by atoms with Crippen LogP contribution in [0.3, 0.4) is 0 Å². The Hall–Kier alpha value is -1.25. The summed E-state index contributed by atoms with van der Waals surface area (Å²) in [5, 5.41) is 0. The van der Waals surface area contributed by atoms with E-state index in [0.29, 0.717) is 12.0 Å². The number of benzene rings is 1. The zero-order valence-corrected chi connectivity index (χ0v) is 12.6. The normalized spacial score (nSPS) is 12.2. The van der Waals surface area contributed by atoms with Crippen LogP contribution in [0, 0.1) is 0 Å². The van der Waals surface area contributed by atoms with Crippen LogP contribution in [-0.2, 0) is 12.8 Å². The molecule has 3 heteroatoms. The van der Waals surface area contributed by atoms with Crippen molar-refractivity contribution < 1.29 is 13.2 Å². The van der Waals surface area contributed by atoms with Crippen LogP contribution in [0.2, 0.25) is 0 Å². The first-order valence-electron chi connectivity index (χ1n) is 6.99. The van der Waals surface area contributed by atoms with E-state index >= 15 is 0 Å². The van der Waals surface area contributed by atoms with Gasteiger partial charge in [-0.25, -0.2) is 0 Å². The van der Waals surface area contributed by atoms with E-state index in [4.69, 9.17) is 0 Å². The van der Waals surface area contributed by atoms with Crippen LogP contribution in [0.4, 0.5) is 13.2 Å². The maximum atomic E-state index is 12.6. The molecule has 0 spiro atoms. The Labute approximate surface area is 119 Å². The zero-order chi connectivity index (χ0) is 15.5. The van der Waals surface area contributed by atoms with Crippen molar-refractivity contribution in [3.05, 3.63) is 47.0 Å². The van der Waals surface area contributed by atoms with E-state index in [1.54, 1.807) is 12.1 Å². The Bertz CT molecular complexity index is 439. The fraction of sp³-hybridized carbons (Fsp3) is 0.529. The predicted molar refractivity (Wildman–Crippen MR) is 78.3 cm³/mol. The van der Waals surface area contributed by atoms with E-state index < -0.39 is 12.6 Å². The molecular weight excluding hydrogens is 261 g/mol. The second kappa shape index (κ2) is 6.47. The molecule has 1 aromatic carbocycles. The Morgan fingerprint density at radius 1 is 1.05 bits per heavy atom. The Morgan fingerprint density at radius 3 is 1.80 bits per heavy atom. The van der Waals surface area contributed by atoms with Crippen molar-refractivity contribution in [1.82, 2.24) is 0 Å². The fourth-order valence-corrected chi connectivity index (χ4v) is 2.53. The maximum absolute atomic E-state index is 12.6. The summed E-state index contributed by atoms with van der Waals surface area (Å²) >= 11 is 0. The number of rotatable bonds is 5. The third-order valence-electron chi connectivity index (χ3n) is 3.38. The SMILES string of the molecule is C=CCc1c(C(C)C)cc(CC(F)(F)F)cc1C(C)C. The average Bonchev–Trinajstić information content (AvgIpc) is 2.28. The van der Waals surface area contributed by atoms with E-state index in [9.17, 15) is 13.2 Å². The molecule has 0 aromatic heterocycles. The van der Waals surface area contributed by atoms with Crippen molar-refractivity contribution in [3.8, 4) is 0 Å². The lowest BCUT2D eigenvalue weighted by Crippen LogP contribution is -2.13. The van der Waals surface area contributed by atoms with Gasteiger partial charge in [-0.3, -0.25) is 0 Å². The average molecular weight is 284 g/mol. The van der Waals surface area contributed by atoms with E-state index in [0.717, 1.165) is 16.7 Å². The Morgan fingerprint density at radius 2 is 1.50 bits per heavy atom. The third-order valence-corrected chi connectivity index (χ3v) is 3.38. The molecule has 0 aliphatic carbocycles. The highest BCUT2D eigenvalue weighted by molar-refractivity contribution is 5.44. The van der Waals surface area contributed by atoms with E-state index in [1.807, 2.05) is 33.8 Å². The minimum atomic E-state index is -4.16. The minimum Gasteiger partial charge on any atom is -0.171 e. The second-order valence-electron chi connectivity index (χ2n) is 5.85. The van der Waals surface area contributed by atoms with Gasteiger partial charge in [-0.15, -0.1) is 6.58 Å². The van der Waals surface area contributed by atoms with Crippen molar-refractivity contribution in [3.63, 3.8) is 0 Å². The highest BCUT2D eigenvalue weighted by Gasteiger charge is 2.28. The van der Waals surface area contributed by atoms with Crippen LogP contribution in [0.25, 0.3) is 0 Å². The molecule has 0 unspecified atom stereocenters. The quantitative estimate of drug-likeness (QED) is 0.602. The molecule has 1 aromatic rings. The fourth-order valence-electron chi connectivity index (χ4n) is 2.53. The van der Waals surface area contributed by atoms with Crippen LogP contribution in [-0.4, -0.2) is 6.18 Å². The number of allylic oxidation sites excluding steroid dienone is 1. The highest BCUT2D eigenvalue weighted by atomic mass is 19.4. The molecule has 0 amide bonds. The van der Waals surface area contributed by atoms with Gasteiger partial charge in [0.05, 0.1) is 6.42 Å². The lowest BCUT2D eigenvalue weighted by molar-refractivity contribution is -0.127. The predicted octanol–water partition coefficient (Wildman–Crippen LogP) is 5.77. The van der Waals surface area contributed by atoms with Crippen LogP contribution < -0.4 is 0 Å². The molecule has 0 nitrogen and oxygen atoms in total. The van der Waals surface area contributed by atoms with Gasteiger partial charge >= 0.3 is 6.18 Å². The topological polar surface area (TPSA) is 0 Å². The lowest BCUT2D eigenvalue weighted by atomic mass is 9.85. The van der Waals surface area contributed by atoms with Crippen molar-refractivity contribution >= 4 is 0 Å². The van der Waals surface area contributed by atoms with Gasteiger partial charge in [-0.05, 0) is 40.5 Å². The summed E-state index contributed by atoms with van der Waals surface area (Å²) in [7, 11) is 0. The molecule has 0 fully saturated rings. The summed E-state index contributed by atoms with van der Waals surface area (Å²) in [4.78, 5) is 0. The molecule has 1 rings (SSSR count). The minimum absolute atomic E-state index is 0.204. The molecule has 0 aliphatic rings. The lowest BCUT2D eigenvalue weighted by Gasteiger charge is -2.21. The Kier molecular flexibility index (Phi) is 5.43. The monoisotopic (exact) mass is 284 g/mol. The van der Waals surface area contributed by atoms with Crippen LogP contribution in [0.1, 0.15) is 61.8 Å². The first kappa shape index (κ1) is 16.8. The number of hydrogen-bond donors (Lipinski definition) is 0. The zero-order valence-electron chi connectivity index (χ0n) is 12.6. The third kappa shape index (κ3) is 4.39. The van der Waals surface area contributed by atoms with Gasteiger partial charge < -0.3 is 0 Å². The van der Waals surface area contributed by atoms with Gasteiger partial charge in [0.25, 0.3) is 0 Å². The summed E-state index contributed by atoms with van der Waals surface area (Å²) in [6, 6.07) is 3.42. The van der Waals surface area contributed by atoms with Crippen LogP contribution in [0.5, 0.6) is 0 Å². The second-order valence-corrected chi connectivity index (χ2v) is 5.85. The van der Waals surface area contributed by atoms with E-state index in [-0.39, 0.29) is 11.8 Å². The molecule has 0 aliphatic heterocycles. The van der Waals surface area contributed by atoms with Gasteiger partial charge in [0.2, 0.25) is 0 Å². The van der Waals surface area contributed by atoms with Crippen LogP contribution in [0.15, 0.2) is 24.8 Å². The summed E-state index contributed by atoms with van der Waals surface area (Å²) in [5.74, 6) is 0.409. The van der Waals surface area contributed by atoms with Gasteiger partial charge in [-0.1, -0.05) is 45.9 Å². The van der Waals surface area contributed by atoms with Crippen molar-refractivity contribution in [2.75, 3.05) is 0 Å². The summed E-state index contributed by atoms with van der Waals surface area (Å²) in [6.07, 6.45) is -2.51. The van der Waals surface area contributed by atoms with Crippen molar-refractivity contribution in [1.29, 1.82) is 0 Å². The summed E-state index contributed by atoms with van der Waals surface area (Å²) < 4.78 is 37.9. The number of halogens is 3. The largest absolute Gasteiger partial charge is 0.393 e. The van der Waals surface area contributed by atoms with Crippen molar-refractivity contribution in [2.24, 2.45) is 0 Å². The van der Waals surface area contributed by atoms with Gasteiger partial charge in [0, 0.05) is 0 Å². The molecule has 0 bridgehead atoms. The first-order chi connectivity index (χ1) is 9.15.